The fraction of sp³-hybridized carbons (Fsp3) is 0.562. The second kappa shape index (κ2) is 43.3. The van der Waals surface area contributed by atoms with Crippen molar-refractivity contribution in [3.63, 3.8) is 0 Å². The van der Waals surface area contributed by atoms with Gasteiger partial charge >= 0.3 is 115 Å². The molecule has 0 saturated carbocycles. The molecule has 7 aliphatic rings. The number of ether oxygens (including phenoxy) is 7. The molecule has 7 fully saturated rings. The van der Waals surface area contributed by atoms with Crippen molar-refractivity contribution in [2.45, 2.75) is 82.8 Å². The van der Waals surface area contributed by atoms with Crippen LogP contribution in [0, 0.1) is 48.9 Å². The molecule has 0 aromatic heterocycles. The molecule has 97 heavy (non-hydrogen) atoms. The summed E-state index contributed by atoms with van der Waals surface area (Å²) in [5.41, 5.74) is 0.653. The highest BCUT2D eigenvalue weighted by molar-refractivity contribution is 7.83. The summed E-state index contributed by atoms with van der Waals surface area (Å²) < 4.78 is 240. The number of unbranched alkanes of at least 4 members (excludes halogenated alkanes) is 1. The van der Waals surface area contributed by atoms with E-state index in [-0.39, 0.29) is 98.9 Å². The van der Waals surface area contributed by atoms with Gasteiger partial charge in [-0.3, -0.25) is 0 Å². The molecular formula is C48H60O42S7. The lowest BCUT2D eigenvalue weighted by Gasteiger charge is -2.06. The number of allylic oxidation sites excluding steroid dienone is 1. The van der Waals surface area contributed by atoms with Crippen molar-refractivity contribution in [1.29, 1.82) is 0 Å². The number of carbonyl (C=O) groups excluding carboxylic acids is 7. The third kappa shape index (κ3) is 38.5. The Hall–Kier alpha value is -7.16. The van der Waals surface area contributed by atoms with Gasteiger partial charge in [0.2, 0.25) is 42.7 Å². The molecule has 7 rings (SSSR count). The molecule has 0 amide bonds. The van der Waals surface area contributed by atoms with Crippen molar-refractivity contribution in [3.8, 4) is 48.9 Å². The average molecular weight is 1530 g/mol. The molecule has 0 N–H and O–H groups in total. The Kier molecular flexibility index (Phi) is 39.2. The van der Waals surface area contributed by atoms with E-state index in [0.717, 1.165) is 0 Å². The normalized spacial score (nSPS) is 24.4. The molecule has 49 heteroatoms. The molecular weight excluding hydrogens is 1470 g/mol. The molecule has 7 atom stereocenters. The van der Waals surface area contributed by atoms with Crippen LogP contribution in [0.5, 0.6) is 0 Å². The van der Waals surface area contributed by atoms with Crippen LogP contribution in [0.4, 0.5) is 0 Å². The Morgan fingerprint density at radius 3 is 0.979 bits per heavy atom. The van der Waals surface area contributed by atoms with E-state index in [0.29, 0.717) is 18.4 Å². The second-order valence-electron chi connectivity index (χ2n) is 17.1. The van der Waals surface area contributed by atoms with Crippen LogP contribution in [-0.2, 0) is 198 Å². The summed E-state index contributed by atoms with van der Waals surface area (Å²) in [6.07, 6.45) is 12.3. The van der Waals surface area contributed by atoms with E-state index in [1.54, 1.807) is 32.9 Å². The molecule has 0 aromatic rings. The van der Waals surface area contributed by atoms with Gasteiger partial charge in [-0.25, -0.2) is 92.1 Å². The lowest BCUT2D eigenvalue weighted by molar-refractivity contribution is -0.151. The molecule has 0 bridgehead atoms. The number of carbonyl (C=O) groups is 7. The van der Waals surface area contributed by atoms with Crippen LogP contribution in [0.25, 0.3) is 0 Å². The van der Waals surface area contributed by atoms with E-state index in [1.807, 2.05) is 0 Å². The number of rotatable bonds is 20. The van der Waals surface area contributed by atoms with Crippen LogP contribution in [0.1, 0.15) is 40.0 Å². The minimum absolute atomic E-state index is 0.0126. The van der Waals surface area contributed by atoms with E-state index in [1.165, 1.54) is 6.08 Å². The fourth-order valence-electron chi connectivity index (χ4n) is 5.21. The third-order valence-corrected chi connectivity index (χ3v) is 15.6. The monoisotopic (exact) mass is 1530 g/mol. The second-order valence-corrected chi connectivity index (χ2v) is 25.8. The van der Waals surface area contributed by atoms with E-state index >= 15 is 0 Å². The molecule has 7 saturated heterocycles. The van der Waals surface area contributed by atoms with E-state index < -0.39 is 157 Å². The van der Waals surface area contributed by atoms with Gasteiger partial charge in [0.1, 0.15) is 72.7 Å². The zero-order valence-corrected chi connectivity index (χ0v) is 56.2. The zero-order chi connectivity index (χ0) is 73.7. The molecule has 7 aliphatic heterocycles. The lowest BCUT2D eigenvalue weighted by Crippen LogP contribution is -2.25. The first-order valence-electron chi connectivity index (χ1n) is 26.0. The van der Waals surface area contributed by atoms with Gasteiger partial charge in [-0.1, -0.05) is 43.2 Å². The Morgan fingerprint density at radius 2 is 0.711 bits per heavy atom. The van der Waals surface area contributed by atoms with Gasteiger partial charge in [0.25, 0.3) is 0 Å². The molecule has 0 spiro atoms. The summed E-state index contributed by atoms with van der Waals surface area (Å²) >= 11 is 0. The van der Waals surface area contributed by atoms with Crippen LogP contribution >= 0.6 is 0 Å². The molecule has 546 valence electrons. The maximum Gasteiger partial charge on any atom is 0.400 e. The van der Waals surface area contributed by atoms with E-state index in [9.17, 15) is 92.5 Å². The van der Waals surface area contributed by atoms with E-state index in [4.69, 9.17) is 24.0 Å². The molecule has 7 heterocycles. The number of hydrogen-bond donors (Lipinski definition) is 0. The van der Waals surface area contributed by atoms with Crippen LogP contribution in [0.2, 0.25) is 0 Å². The minimum Gasteiger partial charge on any atom is -0.464 e. The summed E-state index contributed by atoms with van der Waals surface area (Å²) in [7, 11) is -28.0. The number of esters is 7. The molecule has 7 unspecified atom stereocenters. The average Bonchev–Trinajstić information content (AvgIpc) is 1.80. The van der Waals surface area contributed by atoms with Gasteiger partial charge in [-0.2, -0.15) is 58.9 Å². The van der Waals surface area contributed by atoms with Crippen LogP contribution < -0.4 is 0 Å². The lowest BCUT2D eigenvalue weighted by atomic mass is 10.3. The van der Waals surface area contributed by atoms with Crippen LogP contribution in [0.15, 0.2) is 37.0 Å². The van der Waals surface area contributed by atoms with Crippen LogP contribution in [0.3, 0.4) is 0 Å². The Bertz CT molecular complexity index is 3790. The summed E-state index contributed by atoms with van der Waals surface area (Å²) in [4.78, 5) is 77.3. The van der Waals surface area contributed by atoms with Gasteiger partial charge in [0.05, 0.1) is 6.61 Å². The molecule has 0 aliphatic carbocycles. The topological polar surface area (TPSA) is 552 Å². The van der Waals surface area contributed by atoms with Crippen LogP contribution in [-0.4, -0.2) is 236 Å². The fourth-order valence-corrected chi connectivity index (χ4v) is 10.6. The van der Waals surface area contributed by atoms with Gasteiger partial charge < -0.3 is 33.2 Å². The highest BCUT2D eigenvalue weighted by atomic mass is 32.3. The summed E-state index contributed by atoms with van der Waals surface area (Å²) in [6, 6.07) is 0. The first-order valence-corrected chi connectivity index (χ1v) is 35.3. The van der Waals surface area contributed by atoms with Gasteiger partial charge in [-0.05, 0) is 32.8 Å². The van der Waals surface area contributed by atoms with Gasteiger partial charge in [0.15, 0.2) is 13.2 Å². The summed E-state index contributed by atoms with van der Waals surface area (Å²) in [6.45, 7) is 9.49. The number of terminal acetylenes is 3. The van der Waals surface area contributed by atoms with Crippen molar-refractivity contribution in [2.24, 2.45) is 0 Å². The first-order chi connectivity index (χ1) is 45.2. The predicted octanol–water partition coefficient (Wildman–Crippen LogP) is -4.24. The summed E-state index contributed by atoms with van der Waals surface area (Å²) in [5, 5.41) is 0. The Morgan fingerprint density at radius 1 is 0.423 bits per heavy atom. The van der Waals surface area contributed by atoms with Crippen molar-refractivity contribution in [3.05, 3.63) is 37.0 Å². The maximum absolute atomic E-state index is 11.2. The Labute approximate surface area is 557 Å². The Balaban J connectivity index is 0.000000566. The smallest absolute Gasteiger partial charge is 0.400 e. The third-order valence-electron chi connectivity index (χ3n) is 9.35. The quantitative estimate of drug-likeness (QED) is 0.0366. The molecule has 0 radical (unpaired) electrons. The van der Waals surface area contributed by atoms with Crippen molar-refractivity contribution in [2.75, 3.05) is 92.5 Å². The van der Waals surface area contributed by atoms with Gasteiger partial charge in [-0.15, -0.1) is 37.0 Å². The standard InChI is InChI=1S/C8H10O6S.2C7H10O6S.2C7H8O6S.C6H8O6S.C6H6O6S/c1-2-3-4-5-12-8(9)7-6-13-15(10,11)14-7;1-5(2)3-11-7(8)6-4-12-14(9,10)13-6;3*1-2-3-4-11-7(8)6-5-12-14(9,10)13-6;2*1-2-3-10-6(7)5-4-11-13(8,9)12-5/h1,7H,3-6H2;6H,1,3-4H2,2H3;2-3,6H,4-5H2,1H3;6H,4-5H2,1H3;1,6H,3-5H2;2,5H,1,3-4H2;1,5H,3-4H2/b;;3-2+;;;;. The SMILES string of the molecule is C#CCCCOC(=O)C1COS(=O)(=O)O1.C#CCCOC(=O)C1COS(=O)(=O)O1.C#CCOC(=O)C1COS(=O)(=O)O1.C/C=C/COC(=O)C1COS(=O)(=O)O1.C=C(C)COC(=O)C1COS(=O)(=O)O1.C=CCOC(=O)C1COS(=O)(=O)O1.CC#CCOC(=O)C1COS(=O)(=O)O1. The summed E-state index contributed by atoms with van der Waals surface area (Å²) in [5.74, 6) is 6.21. The highest BCUT2D eigenvalue weighted by Crippen LogP contribution is 2.19. The maximum atomic E-state index is 11.2. The highest BCUT2D eigenvalue weighted by Gasteiger charge is 2.41. The van der Waals surface area contributed by atoms with Crippen molar-refractivity contribution < 1.29 is 184 Å². The van der Waals surface area contributed by atoms with E-state index in [2.05, 4.69) is 130 Å². The minimum atomic E-state index is -4.02. The van der Waals surface area contributed by atoms with Crippen molar-refractivity contribution >= 4 is 115 Å². The predicted molar refractivity (Wildman–Crippen MR) is 309 cm³/mol. The molecule has 42 nitrogen and oxygen atoms in total. The largest absolute Gasteiger partial charge is 0.464 e. The van der Waals surface area contributed by atoms with Crippen molar-refractivity contribution in [1.82, 2.24) is 0 Å². The number of hydrogen-bond acceptors (Lipinski definition) is 42. The van der Waals surface area contributed by atoms with Gasteiger partial charge in [0, 0.05) is 12.8 Å². The first kappa shape index (κ1) is 87.9. The zero-order valence-electron chi connectivity index (χ0n) is 50.4. The molecule has 0 aromatic carbocycles.